The van der Waals surface area contributed by atoms with Gasteiger partial charge in [0, 0.05) is 23.8 Å². The molecule has 1 aliphatic carbocycles. The molecule has 0 radical (unpaired) electrons. The summed E-state index contributed by atoms with van der Waals surface area (Å²) in [5.74, 6) is 0.879. The van der Waals surface area contributed by atoms with E-state index in [1.165, 1.54) is 24.9 Å². The van der Waals surface area contributed by atoms with Crippen LogP contribution in [0.5, 0.6) is 0 Å². The molecule has 1 aromatic carbocycles. The zero-order valence-electron chi connectivity index (χ0n) is 11.6. The normalized spacial score (nSPS) is 14.9. The van der Waals surface area contributed by atoms with Crippen molar-refractivity contribution in [3.63, 3.8) is 0 Å². The van der Waals surface area contributed by atoms with Gasteiger partial charge < -0.3 is 4.90 Å². The molecule has 0 aliphatic heterocycles. The summed E-state index contributed by atoms with van der Waals surface area (Å²) >= 11 is 0. The van der Waals surface area contributed by atoms with Gasteiger partial charge in [-0.2, -0.15) is 0 Å². The highest BCUT2D eigenvalue weighted by molar-refractivity contribution is 5.94. The quantitative estimate of drug-likeness (QED) is 0.708. The van der Waals surface area contributed by atoms with E-state index in [2.05, 4.69) is 30.9 Å². The average Bonchev–Trinajstić information content (AvgIpc) is 3.14. The van der Waals surface area contributed by atoms with Gasteiger partial charge in [0.1, 0.15) is 0 Å². The molecule has 0 aromatic heterocycles. The molecule has 1 fully saturated rings. The molecule has 2 nitrogen and oxygen atoms in total. The number of carbonyl (C=O) groups excluding carboxylic acids is 1. The van der Waals surface area contributed by atoms with Crippen LogP contribution in [-0.4, -0.2) is 18.4 Å². The number of anilines is 1. The smallest absolute Gasteiger partial charge is 0.159 e. The third-order valence-electron chi connectivity index (χ3n) is 3.54. The lowest BCUT2D eigenvalue weighted by Gasteiger charge is -2.25. The van der Waals surface area contributed by atoms with Crippen LogP contribution in [-0.2, 0) is 0 Å². The molecule has 0 atom stereocenters. The van der Waals surface area contributed by atoms with Gasteiger partial charge in [-0.05, 0) is 56.4 Å². The minimum Gasteiger partial charge on any atom is -0.369 e. The summed E-state index contributed by atoms with van der Waals surface area (Å²) in [5, 5.41) is 0. The predicted octanol–water partition coefficient (Wildman–Crippen LogP) is 3.90. The topological polar surface area (TPSA) is 20.3 Å². The number of benzene rings is 1. The molecular formula is C16H23NO. The molecule has 0 spiro atoms. The zero-order valence-corrected chi connectivity index (χ0v) is 11.6. The fraction of sp³-hybridized carbons (Fsp3) is 0.562. The van der Waals surface area contributed by atoms with Gasteiger partial charge >= 0.3 is 0 Å². The maximum Gasteiger partial charge on any atom is 0.159 e. The van der Waals surface area contributed by atoms with E-state index < -0.39 is 0 Å². The second-order valence-electron chi connectivity index (χ2n) is 5.71. The third-order valence-corrected chi connectivity index (χ3v) is 3.54. The first-order chi connectivity index (χ1) is 8.58. The van der Waals surface area contributed by atoms with E-state index in [1.807, 2.05) is 12.1 Å². The number of nitrogens with zero attached hydrogens (tertiary/aromatic N) is 1. The Hall–Kier alpha value is -1.31. The van der Waals surface area contributed by atoms with Crippen molar-refractivity contribution in [3.8, 4) is 0 Å². The first-order valence-electron chi connectivity index (χ1n) is 6.95. The van der Waals surface area contributed by atoms with E-state index >= 15 is 0 Å². The van der Waals surface area contributed by atoms with Crippen molar-refractivity contribution in [2.24, 2.45) is 5.92 Å². The lowest BCUT2D eigenvalue weighted by molar-refractivity contribution is 0.101. The first kappa shape index (κ1) is 13.1. The summed E-state index contributed by atoms with van der Waals surface area (Å²) in [6.07, 6.45) is 3.85. The van der Waals surface area contributed by atoms with Crippen LogP contribution in [0.4, 0.5) is 5.69 Å². The van der Waals surface area contributed by atoms with Gasteiger partial charge in [-0.3, -0.25) is 4.79 Å². The molecule has 2 rings (SSSR count). The molecule has 18 heavy (non-hydrogen) atoms. The number of ketones is 1. The molecule has 1 aliphatic rings. The van der Waals surface area contributed by atoms with E-state index in [9.17, 15) is 4.79 Å². The summed E-state index contributed by atoms with van der Waals surface area (Å²) in [4.78, 5) is 13.8. The van der Waals surface area contributed by atoms with Crippen LogP contribution in [0.2, 0.25) is 0 Å². The monoisotopic (exact) mass is 245 g/mol. The molecule has 0 N–H and O–H groups in total. The van der Waals surface area contributed by atoms with Crippen molar-refractivity contribution in [2.45, 2.75) is 46.1 Å². The Bertz CT molecular complexity index is 404. The van der Waals surface area contributed by atoms with Crippen LogP contribution in [0.3, 0.4) is 0 Å². The van der Waals surface area contributed by atoms with E-state index in [0.29, 0.717) is 0 Å². The van der Waals surface area contributed by atoms with Crippen LogP contribution < -0.4 is 4.90 Å². The van der Waals surface area contributed by atoms with E-state index in [4.69, 9.17) is 0 Å². The van der Waals surface area contributed by atoms with Gasteiger partial charge in [0.2, 0.25) is 0 Å². The number of hydrogen-bond acceptors (Lipinski definition) is 2. The first-order valence-corrected chi connectivity index (χ1v) is 6.95. The molecule has 98 valence electrons. The number of carbonyl (C=O) groups is 1. The summed E-state index contributed by atoms with van der Waals surface area (Å²) in [7, 11) is 0. The highest BCUT2D eigenvalue weighted by Crippen LogP contribution is 2.32. The summed E-state index contributed by atoms with van der Waals surface area (Å²) < 4.78 is 0. The molecule has 1 aromatic rings. The van der Waals surface area contributed by atoms with Crippen molar-refractivity contribution in [1.29, 1.82) is 0 Å². The molecule has 0 bridgehead atoms. The van der Waals surface area contributed by atoms with Crippen molar-refractivity contribution in [3.05, 3.63) is 29.8 Å². The van der Waals surface area contributed by atoms with Gasteiger partial charge in [0.05, 0.1) is 0 Å². The fourth-order valence-corrected chi connectivity index (χ4v) is 2.19. The number of hydrogen-bond donors (Lipinski definition) is 0. The standard InChI is InChI=1S/C16H23NO/c1-12(2)10-11-17(16-8-9-16)15-6-4-14(5-7-15)13(3)18/h4-7,12,16H,8-11H2,1-3H3. The fourth-order valence-electron chi connectivity index (χ4n) is 2.19. The average molecular weight is 245 g/mol. The molecule has 2 heteroatoms. The highest BCUT2D eigenvalue weighted by Gasteiger charge is 2.28. The van der Waals surface area contributed by atoms with E-state index in [1.54, 1.807) is 6.92 Å². The Kier molecular flexibility index (Phi) is 4.05. The summed E-state index contributed by atoms with van der Waals surface area (Å²) in [6.45, 7) is 7.28. The molecular weight excluding hydrogens is 222 g/mol. The molecule has 1 saturated carbocycles. The lowest BCUT2D eigenvalue weighted by atomic mass is 10.1. The third kappa shape index (κ3) is 3.34. The van der Waals surface area contributed by atoms with Crippen molar-refractivity contribution in [1.82, 2.24) is 0 Å². The Morgan fingerprint density at radius 1 is 1.28 bits per heavy atom. The number of rotatable bonds is 6. The second kappa shape index (κ2) is 5.55. The zero-order chi connectivity index (χ0) is 13.1. The van der Waals surface area contributed by atoms with Gasteiger partial charge in [0.25, 0.3) is 0 Å². The predicted molar refractivity (Wildman–Crippen MR) is 76.3 cm³/mol. The largest absolute Gasteiger partial charge is 0.369 e. The van der Waals surface area contributed by atoms with Crippen molar-refractivity contribution < 1.29 is 4.79 Å². The number of Topliss-reactive ketones (excluding diaryl/α,β-unsaturated/α-hetero) is 1. The van der Waals surface area contributed by atoms with Gasteiger partial charge in [-0.1, -0.05) is 13.8 Å². The molecule has 0 saturated heterocycles. The Morgan fingerprint density at radius 3 is 2.33 bits per heavy atom. The second-order valence-corrected chi connectivity index (χ2v) is 5.71. The Balaban J connectivity index is 2.07. The van der Waals surface area contributed by atoms with Crippen LogP contribution in [0.1, 0.15) is 50.4 Å². The lowest BCUT2D eigenvalue weighted by Crippen LogP contribution is -2.27. The van der Waals surface area contributed by atoms with Crippen LogP contribution in [0.15, 0.2) is 24.3 Å². The summed E-state index contributed by atoms with van der Waals surface area (Å²) in [6, 6.07) is 8.81. The summed E-state index contributed by atoms with van der Waals surface area (Å²) in [5.41, 5.74) is 2.07. The molecule has 0 unspecified atom stereocenters. The van der Waals surface area contributed by atoms with Crippen LogP contribution in [0, 0.1) is 5.92 Å². The molecule has 0 heterocycles. The van der Waals surface area contributed by atoms with Gasteiger partial charge in [-0.15, -0.1) is 0 Å². The van der Waals surface area contributed by atoms with Crippen molar-refractivity contribution in [2.75, 3.05) is 11.4 Å². The van der Waals surface area contributed by atoms with E-state index in [0.717, 1.165) is 24.1 Å². The Morgan fingerprint density at radius 2 is 1.89 bits per heavy atom. The maximum absolute atomic E-state index is 11.3. The van der Waals surface area contributed by atoms with Crippen LogP contribution in [0.25, 0.3) is 0 Å². The molecule has 0 amide bonds. The van der Waals surface area contributed by atoms with Gasteiger partial charge in [-0.25, -0.2) is 0 Å². The minimum absolute atomic E-state index is 0.140. The van der Waals surface area contributed by atoms with E-state index in [-0.39, 0.29) is 5.78 Å². The minimum atomic E-state index is 0.140. The SMILES string of the molecule is CC(=O)c1ccc(N(CCC(C)C)C2CC2)cc1. The maximum atomic E-state index is 11.3. The Labute approximate surface area is 110 Å². The van der Waals surface area contributed by atoms with Crippen molar-refractivity contribution >= 4 is 11.5 Å². The highest BCUT2D eigenvalue weighted by atomic mass is 16.1. The van der Waals surface area contributed by atoms with Crippen LogP contribution >= 0.6 is 0 Å². The van der Waals surface area contributed by atoms with Gasteiger partial charge in [0.15, 0.2) is 5.78 Å².